The van der Waals surface area contributed by atoms with Gasteiger partial charge in [0.1, 0.15) is 6.07 Å². The molecule has 112 valence electrons. The Morgan fingerprint density at radius 1 is 1.10 bits per heavy atom. The quantitative estimate of drug-likeness (QED) is 0.805. The molecule has 2 aliphatic rings. The first-order valence-electron chi connectivity index (χ1n) is 7.85. The van der Waals surface area contributed by atoms with E-state index in [1.165, 1.54) is 38.8 Å². The standard InChI is InChI=1S/C17H24N4/c1-20-8-4-17(5-9-20)6-10-21(11-7-17)16-3-2-15(19)12-14(16)13-18/h2-3,12H,4-11,19H2,1H3. The predicted molar refractivity (Wildman–Crippen MR) is 86.2 cm³/mol. The van der Waals surface area contributed by atoms with Crippen molar-refractivity contribution in [3.8, 4) is 6.07 Å². The van der Waals surface area contributed by atoms with Crippen molar-refractivity contribution in [3.63, 3.8) is 0 Å². The van der Waals surface area contributed by atoms with Crippen molar-refractivity contribution in [1.29, 1.82) is 5.26 Å². The van der Waals surface area contributed by atoms with Crippen LogP contribution in [0, 0.1) is 16.7 Å². The smallest absolute Gasteiger partial charge is 0.101 e. The zero-order chi connectivity index (χ0) is 14.9. The second-order valence-electron chi connectivity index (χ2n) is 6.68. The third kappa shape index (κ3) is 2.84. The molecule has 2 saturated heterocycles. The summed E-state index contributed by atoms with van der Waals surface area (Å²) < 4.78 is 0. The van der Waals surface area contributed by atoms with Crippen molar-refractivity contribution in [2.75, 3.05) is 43.9 Å². The van der Waals surface area contributed by atoms with E-state index in [1.807, 2.05) is 12.1 Å². The summed E-state index contributed by atoms with van der Waals surface area (Å²) in [6.45, 7) is 4.57. The second kappa shape index (κ2) is 5.57. The summed E-state index contributed by atoms with van der Waals surface area (Å²) in [5, 5.41) is 9.31. The van der Waals surface area contributed by atoms with Gasteiger partial charge in [-0.05, 0) is 69.4 Å². The fraction of sp³-hybridized carbons (Fsp3) is 0.588. The summed E-state index contributed by atoms with van der Waals surface area (Å²) in [5.41, 5.74) is 8.75. The molecule has 1 spiro atoms. The molecule has 21 heavy (non-hydrogen) atoms. The zero-order valence-electron chi connectivity index (χ0n) is 12.8. The van der Waals surface area contributed by atoms with Crippen molar-refractivity contribution in [3.05, 3.63) is 23.8 Å². The summed E-state index contributed by atoms with van der Waals surface area (Å²) in [5.74, 6) is 0. The Labute approximate surface area is 127 Å². The number of hydrogen-bond donors (Lipinski definition) is 1. The van der Waals surface area contributed by atoms with Gasteiger partial charge in [0.25, 0.3) is 0 Å². The highest BCUT2D eigenvalue weighted by atomic mass is 15.1. The molecule has 0 atom stereocenters. The second-order valence-corrected chi connectivity index (χ2v) is 6.68. The molecular formula is C17H24N4. The minimum atomic E-state index is 0.545. The van der Waals surface area contributed by atoms with Crippen LogP contribution in [0.1, 0.15) is 31.2 Å². The lowest BCUT2D eigenvalue weighted by atomic mass is 9.71. The summed E-state index contributed by atoms with van der Waals surface area (Å²) in [6, 6.07) is 7.97. The average molecular weight is 284 g/mol. The van der Waals surface area contributed by atoms with E-state index in [2.05, 4.69) is 22.9 Å². The number of benzene rings is 1. The fourth-order valence-corrected chi connectivity index (χ4v) is 3.73. The van der Waals surface area contributed by atoms with Gasteiger partial charge in [0.05, 0.1) is 11.3 Å². The Morgan fingerprint density at radius 2 is 1.71 bits per heavy atom. The molecule has 4 heteroatoms. The van der Waals surface area contributed by atoms with Gasteiger partial charge in [-0.3, -0.25) is 0 Å². The van der Waals surface area contributed by atoms with Crippen molar-refractivity contribution in [2.45, 2.75) is 25.7 Å². The van der Waals surface area contributed by atoms with E-state index in [0.29, 0.717) is 16.7 Å². The van der Waals surface area contributed by atoms with Gasteiger partial charge >= 0.3 is 0 Å². The number of nitriles is 1. The number of piperidine rings is 2. The molecule has 0 aromatic heterocycles. The largest absolute Gasteiger partial charge is 0.399 e. The molecular weight excluding hydrogens is 260 g/mol. The average Bonchev–Trinajstić information content (AvgIpc) is 2.51. The van der Waals surface area contributed by atoms with Crippen LogP contribution >= 0.6 is 0 Å². The van der Waals surface area contributed by atoms with Crippen LogP contribution in [0.25, 0.3) is 0 Å². The van der Waals surface area contributed by atoms with E-state index in [9.17, 15) is 5.26 Å². The van der Waals surface area contributed by atoms with Crippen molar-refractivity contribution in [1.82, 2.24) is 4.90 Å². The molecule has 2 aliphatic heterocycles. The Hall–Kier alpha value is -1.73. The molecule has 1 aromatic carbocycles. The Balaban J connectivity index is 1.70. The fourth-order valence-electron chi connectivity index (χ4n) is 3.73. The van der Waals surface area contributed by atoms with Crippen molar-refractivity contribution < 1.29 is 0 Å². The molecule has 0 unspecified atom stereocenters. The van der Waals surface area contributed by atoms with E-state index in [-0.39, 0.29) is 0 Å². The highest BCUT2D eigenvalue weighted by Crippen LogP contribution is 2.42. The molecule has 1 aromatic rings. The van der Waals surface area contributed by atoms with Gasteiger partial charge in [-0.15, -0.1) is 0 Å². The van der Waals surface area contributed by atoms with Gasteiger partial charge in [-0.25, -0.2) is 0 Å². The molecule has 4 nitrogen and oxygen atoms in total. The molecule has 0 aliphatic carbocycles. The third-order valence-electron chi connectivity index (χ3n) is 5.35. The maximum atomic E-state index is 9.31. The lowest BCUT2D eigenvalue weighted by molar-refractivity contribution is 0.0945. The first-order chi connectivity index (χ1) is 10.1. The molecule has 0 radical (unpaired) electrons. The Kier molecular flexibility index (Phi) is 3.77. The minimum Gasteiger partial charge on any atom is -0.399 e. The van der Waals surface area contributed by atoms with Gasteiger partial charge in [0, 0.05) is 18.8 Å². The normalized spacial score (nSPS) is 22.2. The van der Waals surface area contributed by atoms with Crippen LogP contribution in [0.15, 0.2) is 18.2 Å². The van der Waals surface area contributed by atoms with Crippen LogP contribution in [0.2, 0.25) is 0 Å². The molecule has 0 amide bonds. The zero-order valence-corrected chi connectivity index (χ0v) is 12.8. The minimum absolute atomic E-state index is 0.545. The highest BCUT2D eigenvalue weighted by molar-refractivity contribution is 5.64. The van der Waals surface area contributed by atoms with E-state index < -0.39 is 0 Å². The van der Waals surface area contributed by atoms with Crippen LogP contribution < -0.4 is 10.6 Å². The van der Waals surface area contributed by atoms with E-state index in [1.54, 1.807) is 6.07 Å². The van der Waals surface area contributed by atoms with Gasteiger partial charge < -0.3 is 15.5 Å². The number of nitrogens with zero attached hydrogens (tertiary/aromatic N) is 3. The first-order valence-corrected chi connectivity index (χ1v) is 7.85. The summed E-state index contributed by atoms with van der Waals surface area (Å²) in [4.78, 5) is 4.80. The summed E-state index contributed by atoms with van der Waals surface area (Å²) >= 11 is 0. The molecule has 0 saturated carbocycles. The molecule has 0 bridgehead atoms. The monoisotopic (exact) mass is 284 g/mol. The van der Waals surface area contributed by atoms with E-state index in [0.717, 1.165) is 18.8 Å². The lowest BCUT2D eigenvalue weighted by Gasteiger charge is -2.47. The lowest BCUT2D eigenvalue weighted by Crippen LogP contribution is -2.46. The molecule has 2 fully saturated rings. The number of nitrogens with two attached hydrogens (primary N) is 1. The maximum absolute atomic E-state index is 9.31. The van der Waals surface area contributed by atoms with Crippen LogP contribution in [0.4, 0.5) is 11.4 Å². The summed E-state index contributed by atoms with van der Waals surface area (Å²) in [7, 11) is 2.22. The predicted octanol–water partition coefficient (Wildman–Crippen LogP) is 2.45. The van der Waals surface area contributed by atoms with Crippen molar-refractivity contribution >= 4 is 11.4 Å². The third-order valence-corrected chi connectivity index (χ3v) is 5.35. The van der Waals surface area contributed by atoms with Gasteiger partial charge in [0.2, 0.25) is 0 Å². The van der Waals surface area contributed by atoms with Gasteiger partial charge in [-0.2, -0.15) is 5.26 Å². The highest BCUT2D eigenvalue weighted by Gasteiger charge is 2.37. The van der Waals surface area contributed by atoms with Gasteiger partial charge in [0.15, 0.2) is 0 Å². The topological polar surface area (TPSA) is 56.3 Å². The molecule has 3 rings (SSSR count). The van der Waals surface area contributed by atoms with E-state index in [4.69, 9.17) is 5.73 Å². The number of likely N-dealkylation sites (tertiary alicyclic amines) is 1. The Bertz CT molecular complexity index is 542. The van der Waals surface area contributed by atoms with Crippen LogP contribution in [0.3, 0.4) is 0 Å². The number of nitrogen functional groups attached to an aromatic ring is 1. The van der Waals surface area contributed by atoms with Crippen LogP contribution in [-0.2, 0) is 0 Å². The number of anilines is 2. The number of hydrogen-bond acceptors (Lipinski definition) is 4. The van der Waals surface area contributed by atoms with E-state index >= 15 is 0 Å². The molecule has 2 N–H and O–H groups in total. The Morgan fingerprint density at radius 3 is 2.33 bits per heavy atom. The van der Waals surface area contributed by atoms with Crippen LogP contribution in [0.5, 0.6) is 0 Å². The first kappa shape index (κ1) is 14.2. The molecule has 2 heterocycles. The van der Waals surface area contributed by atoms with Gasteiger partial charge in [-0.1, -0.05) is 0 Å². The van der Waals surface area contributed by atoms with Crippen molar-refractivity contribution in [2.24, 2.45) is 5.41 Å². The van der Waals surface area contributed by atoms with Crippen LogP contribution in [-0.4, -0.2) is 38.1 Å². The maximum Gasteiger partial charge on any atom is 0.101 e. The SMILES string of the molecule is CN1CCC2(CC1)CCN(c1ccc(N)cc1C#N)CC2. The number of rotatable bonds is 1. The summed E-state index contributed by atoms with van der Waals surface area (Å²) in [6.07, 6.45) is 5.14.